The SMILES string of the molecule is CNC(CCc1ccc(OC)cc1)C1CCCCCCC1. The van der Waals surface area contributed by atoms with Gasteiger partial charge in [-0.2, -0.15) is 0 Å². The Labute approximate surface area is 130 Å². The van der Waals surface area contributed by atoms with E-state index in [2.05, 4.69) is 36.6 Å². The first-order chi connectivity index (χ1) is 10.3. The van der Waals surface area contributed by atoms with Gasteiger partial charge in [-0.1, -0.05) is 44.2 Å². The first kappa shape index (κ1) is 16.4. The van der Waals surface area contributed by atoms with Crippen LogP contribution in [0.15, 0.2) is 24.3 Å². The molecule has 0 aliphatic heterocycles. The van der Waals surface area contributed by atoms with Crippen molar-refractivity contribution in [2.45, 2.75) is 63.8 Å². The zero-order chi connectivity index (χ0) is 14.9. The Morgan fingerprint density at radius 1 is 1.05 bits per heavy atom. The van der Waals surface area contributed by atoms with Crippen LogP contribution in [0.2, 0.25) is 0 Å². The number of methoxy groups -OCH3 is 1. The molecule has 1 aliphatic rings. The molecule has 2 heteroatoms. The van der Waals surface area contributed by atoms with Gasteiger partial charge in [-0.05, 0) is 56.3 Å². The lowest BCUT2D eigenvalue weighted by molar-refractivity contribution is 0.284. The van der Waals surface area contributed by atoms with Gasteiger partial charge >= 0.3 is 0 Å². The van der Waals surface area contributed by atoms with Gasteiger partial charge < -0.3 is 10.1 Å². The molecule has 1 fully saturated rings. The number of benzene rings is 1. The van der Waals surface area contributed by atoms with E-state index in [0.717, 1.165) is 18.1 Å². The van der Waals surface area contributed by atoms with Gasteiger partial charge in [0.05, 0.1) is 7.11 Å². The number of aryl methyl sites for hydroxylation is 1. The van der Waals surface area contributed by atoms with Gasteiger partial charge in [0.25, 0.3) is 0 Å². The van der Waals surface area contributed by atoms with Crippen molar-refractivity contribution < 1.29 is 4.74 Å². The van der Waals surface area contributed by atoms with Gasteiger partial charge in [-0.15, -0.1) is 0 Å². The van der Waals surface area contributed by atoms with Crippen molar-refractivity contribution in [3.8, 4) is 5.75 Å². The monoisotopic (exact) mass is 289 g/mol. The Bertz CT molecular complexity index is 379. The highest BCUT2D eigenvalue weighted by molar-refractivity contribution is 5.27. The van der Waals surface area contributed by atoms with Gasteiger partial charge in [-0.25, -0.2) is 0 Å². The highest BCUT2D eigenvalue weighted by Gasteiger charge is 2.20. The van der Waals surface area contributed by atoms with E-state index in [1.54, 1.807) is 7.11 Å². The number of hydrogen-bond donors (Lipinski definition) is 1. The fraction of sp³-hybridized carbons (Fsp3) is 0.684. The molecule has 0 saturated heterocycles. The Kier molecular flexibility index (Phi) is 7.08. The molecule has 1 atom stereocenters. The molecule has 0 aromatic heterocycles. The summed E-state index contributed by atoms with van der Waals surface area (Å²) < 4.78 is 5.22. The molecule has 0 amide bonds. The zero-order valence-electron chi connectivity index (χ0n) is 13.7. The van der Waals surface area contributed by atoms with Crippen molar-refractivity contribution >= 4 is 0 Å². The predicted octanol–water partition coefficient (Wildman–Crippen LogP) is 4.58. The van der Waals surface area contributed by atoms with Gasteiger partial charge in [0.1, 0.15) is 5.75 Å². The fourth-order valence-corrected chi connectivity index (χ4v) is 3.62. The summed E-state index contributed by atoms with van der Waals surface area (Å²) in [5, 5.41) is 3.59. The molecular formula is C19H31NO. The maximum absolute atomic E-state index is 5.22. The van der Waals surface area contributed by atoms with Crippen molar-refractivity contribution in [3.05, 3.63) is 29.8 Å². The van der Waals surface area contributed by atoms with Gasteiger partial charge in [0, 0.05) is 6.04 Å². The minimum Gasteiger partial charge on any atom is -0.497 e. The molecular weight excluding hydrogens is 258 g/mol. The second-order valence-corrected chi connectivity index (χ2v) is 6.39. The summed E-state index contributed by atoms with van der Waals surface area (Å²) in [4.78, 5) is 0. The quantitative estimate of drug-likeness (QED) is 0.828. The van der Waals surface area contributed by atoms with Crippen LogP contribution in [-0.4, -0.2) is 20.2 Å². The van der Waals surface area contributed by atoms with Crippen molar-refractivity contribution in [3.63, 3.8) is 0 Å². The number of rotatable bonds is 6. The number of hydrogen-bond acceptors (Lipinski definition) is 2. The van der Waals surface area contributed by atoms with Crippen LogP contribution >= 0.6 is 0 Å². The van der Waals surface area contributed by atoms with Crippen molar-refractivity contribution in [2.24, 2.45) is 5.92 Å². The minimum absolute atomic E-state index is 0.671. The first-order valence-corrected chi connectivity index (χ1v) is 8.63. The van der Waals surface area contributed by atoms with E-state index >= 15 is 0 Å². The second-order valence-electron chi connectivity index (χ2n) is 6.39. The molecule has 1 aromatic carbocycles. The van der Waals surface area contributed by atoms with Crippen LogP contribution in [0.4, 0.5) is 0 Å². The van der Waals surface area contributed by atoms with Crippen LogP contribution in [0, 0.1) is 5.92 Å². The van der Waals surface area contributed by atoms with Crippen LogP contribution in [-0.2, 0) is 6.42 Å². The molecule has 1 aromatic rings. The molecule has 21 heavy (non-hydrogen) atoms. The molecule has 2 nitrogen and oxygen atoms in total. The largest absolute Gasteiger partial charge is 0.497 e. The summed E-state index contributed by atoms with van der Waals surface area (Å²) in [6.45, 7) is 0. The van der Waals surface area contributed by atoms with E-state index in [1.165, 1.54) is 56.9 Å². The fourth-order valence-electron chi connectivity index (χ4n) is 3.62. The summed E-state index contributed by atoms with van der Waals surface area (Å²) in [6.07, 6.45) is 12.4. The summed E-state index contributed by atoms with van der Waals surface area (Å²) in [5.74, 6) is 1.82. The van der Waals surface area contributed by atoms with E-state index < -0.39 is 0 Å². The third-order valence-corrected chi connectivity index (χ3v) is 4.99. The normalized spacial score (nSPS) is 18.8. The minimum atomic E-state index is 0.671. The van der Waals surface area contributed by atoms with Crippen LogP contribution in [0.3, 0.4) is 0 Å². The molecule has 1 N–H and O–H groups in total. The lowest BCUT2D eigenvalue weighted by atomic mass is 9.83. The second kappa shape index (κ2) is 9.09. The van der Waals surface area contributed by atoms with E-state index in [0.29, 0.717) is 6.04 Å². The molecule has 0 heterocycles. The highest BCUT2D eigenvalue weighted by atomic mass is 16.5. The van der Waals surface area contributed by atoms with Gasteiger partial charge in [0.15, 0.2) is 0 Å². The molecule has 1 unspecified atom stereocenters. The topological polar surface area (TPSA) is 21.3 Å². The molecule has 1 aliphatic carbocycles. The predicted molar refractivity (Wildman–Crippen MR) is 90.0 cm³/mol. The average molecular weight is 289 g/mol. The van der Waals surface area contributed by atoms with E-state index in [-0.39, 0.29) is 0 Å². The lowest BCUT2D eigenvalue weighted by Crippen LogP contribution is -2.34. The van der Waals surface area contributed by atoms with Crippen LogP contribution in [0.25, 0.3) is 0 Å². The third kappa shape index (κ3) is 5.35. The Morgan fingerprint density at radius 2 is 1.67 bits per heavy atom. The Hall–Kier alpha value is -1.02. The lowest BCUT2D eigenvalue weighted by Gasteiger charge is -2.28. The zero-order valence-corrected chi connectivity index (χ0v) is 13.7. The van der Waals surface area contributed by atoms with E-state index in [4.69, 9.17) is 4.74 Å². The molecule has 0 spiro atoms. The molecule has 0 bridgehead atoms. The standard InChI is InChI=1S/C19H31NO/c1-20-19(17-8-6-4-3-5-7-9-17)15-12-16-10-13-18(21-2)14-11-16/h10-11,13-14,17,19-20H,3-9,12,15H2,1-2H3. The Morgan fingerprint density at radius 3 is 2.24 bits per heavy atom. The maximum Gasteiger partial charge on any atom is 0.118 e. The van der Waals surface area contributed by atoms with Crippen molar-refractivity contribution in [1.82, 2.24) is 5.32 Å². The summed E-state index contributed by atoms with van der Waals surface area (Å²) in [6, 6.07) is 9.21. The first-order valence-electron chi connectivity index (χ1n) is 8.63. The number of ether oxygens (including phenoxy) is 1. The molecule has 118 valence electrons. The van der Waals surface area contributed by atoms with Gasteiger partial charge in [0.2, 0.25) is 0 Å². The van der Waals surface area contributed by atoms with Gasteiger partial charge in [-0.3, -0.25) is 0 Å². The molecule has 0 radical (unpaired) electrons. The Balaban J connectivity index is 1.85. The highest BCUT2D eigenvalue weighted by Crippen LogP contribution is 2.27. The van der Waals surface area contributed by atoms with E-state index in [1.807, 2.05) is 0 Å². The number of nitrogens with one attached hydrogen (secondary N) is 1. The maximum atomic E-state index is 5.22. The summed E-state index contributed by atoms with van der Waals surface area (Å²) >= 11 is 0. The van der Waals surface area contributed by atoms with Crippen molar-refractivity contribution in [1.29, 1.82) is 0 Å². The van der Waals surface area contributed by atoms with Crippen molar-refractivity contribution in [2.75, 3.05) is 14.2 Å². The third-order valence-electron chi connectivity index (χ3n) is 4.99. The average Bonchev–Trinajstić information content (AvgIpc) is 2.50. The molecule has 1 saturated carbocycles. The molecule has 2 rings (SSSR count). The van der Waals surface area contributed by atoms with Crippen LogP contribution < -0.4 is 10.1 Å². The smallest absolute Gasteiger partial charge is 0.118 e. The summed E-state index contributed by atoms with van der Waals surface area (Å²) in [5.41, 5.74) is 1.42. The van der Waals surface area contributed by atoms with Crippen LogP contribution in [0.5, 0.6) is 5.75 Å². The van der Waals surface area contributed by atoms with Crippen LogP contribution in [0.1, 0.15) is 56.9 Å². The van der Waals surface area contributed by atoms with E-state index in [9.17, 15) is 0 Å². The summed E-state index contributed by atoms with van der Waals surface area (Å²) in [7, 11) is 3.86.